The summed E-state index contributed by atoms with van der Waals surface area (Å²) in [6.45, 7) is 0. The van der Waals surface area contributed by atoms with Crippen LogP contribution < -0.4 is 21.3 Å². The minimum absolute atomic E-state index is 0.0463. The summed E-state index contributed by atoms with van der Waals surface area (Å²) in [5.41, 5.74) is 1.69. The first-order valence-corrected chi connectivity index (χ1v) is 20.7. The van der Waals surface area contributed by atoms with E-state index in [0.29, 0.717) is 55.3 Å². The van der Waals surface area contributed by atoms with Crippen LogP contribution in [0.4, 0.5) is 49.1 Å². The molecular formula is C40H22Cl4F6N8O6S2. The second kappa shape index (κ2) is 23.9. The van der Waals surface area contributed by atoms with Gasteiger partial charge in [0.05, 0.1) is 57.3 Å². The number of pyridine rings is 4. The summed E-state index contributed by atoms with van der Waals surface area (Å²) in [6, 6.07) is 16.5. The number of nitrogens with zero attached hydrogens (tertiary/aromatic N) is 4. The zero-order chi connectivity index (χ0) is 47.9. The fraction of sp³-hybridized carbons (Fsp3) is 0. The Labute approximate surface area is 394 Å². The summed E-state index contributed by atoms with van der Waals surface area (Å²) in [6.07, 6.45) is 5.47. The SMILES string of the molecule is O=C(Nc1ccc(Cl)nc1)c1cc(F)c(F)o1.O=C(Nc1ccc(Cl)nc1)c1cc(F)c(F)s1.O=C(Nc1ccc(Cl)nc1)c1ccc(F)o1.O=C(Nc1ccc(Cl)nc1)c1ccc(F)s1. The number of thiophene rings is 2. The number of carbonyl (C=O) groups is 4. The van der Waals surface area contributed by atoms with Crippen molar-refractivity contribution in [2.75, 3.05) is 21.3 Å². The molecule has 0 aliphatic rings. The molecule has 0 aliphatic carbocycles. The van der Waals surface area contributed by atoms with Crippen LogP contribution in [0.5, 0.6) is 0 Å². The topological polar surface area (TPSA) is 194 Å². The number of hydrogen-bond acceptors (Lipinski definition) is 12. The van der Waals surface area contributed by atoms with E-state index in [1.807, 2.05) is 0 Å². The molecule has 0 spiro atoms. The van der Waals surface area contributed by atoms with Gasteiger partial charge in [-0.3, -0.25) is 19.2 Å². The molecule has 66 heavy (non-hydrogen) atoms. The van der Waals surface area contributed by atoms with Gasteiger partial charge in [-0.05, 0) is 66.7 Å². The fourth-order valence-corrected chi connectivity index (χ4v) is 6.09. The van der Waals surface area contributed by atoms with Crippen LogP contribution in [0.15, 0.2) is 119 Å². The number of anilines is 4. The van der Waals surface area contributed by atoms with Gasteiger partial charge in [-0.15, -0.1) is 11.3 Å². The predicted molar refractivity (Wildman–Crippen MR) is 235 cm³/mol. The van der Waals surface area contributed by atoms with Gasteiger partial charge in [0, 0.05) is 18.2 Å². The lowest BCUT2D eigenvalue weighted by Gasteiger charge is -2.02. The normalized spacial score (nSPS) is 10.2. The molecular weight excluding hydrogens is 1010 g/mol. The minimum Gasteiger partial charge on any atom is -0.426 e. The number of carbonyl (C=O) groups excluding carboxylic acids is 4. The molecule has 0 atom stereocenters. The van der Waals surface area contributed by atoms with Crippen LogP contribution in [0.1, 0.15) is 40.5 Å². The van der Waals surface area contributed by atoms with E-state index in [2.05, 4.69) is 50.0 Å². The molecule has 340 valence electrons. The summed E-state index contributed by atoms with van der Waals surface area (Å²) in [5.74, 6) is -5.11. The summed E-state index contributed by atoms with van der Waals surface area (Å²) < 4.78 is 84.6. The van der Waals surface area contributed by atoms with Gasteiger partial charge in [0.25, 0.3) is 29.6 Å². The lowest BCUT2D eigenvalue weighted by Crippen LogP contribution is -2.10. The molecule has 0 fully saturated rings. The summed E-state index contributed by atoms with van der Waals surface area (Å²) in [7, 11) is 0. The second-order valence-electron chi connectivity index (χ2n) is 12.0. The van der Waals surface area contributed by atoms with Gasteiger partial charge in [-0.1, -0.05) is 57.7 Å². The third-order valence-corrected chi connectivity index (χ3v) is 9.94. The Morgan fingerprint density at radius 2 is 0.894 bits per heavy atom. The average molecular weight is 1030 g/mol. The number of nitrogens with one attached hydrogen (secondary N) is 4. The molecule has 0 saturated carbocycles. The highest BCUT2D eigenvalue weighted by molar-refractivity contribution is 7.12. The van der Waals surface area contributed by atoms with E-state index in [1.54, 1.807) is 18.2 Å². The van der Waals surface area contributed by atoms with E-state index in [9.17, 15) is 45.5 Å². The predicted octanol–water partition coefficient (Wildman–Crippen LogP) is 12.1. The third kappa shape index (κ3) is 15.7. The number of halogens is 10. The highest BCUT2D eigenvalue weighted by Crippen LogP contribution is 2.22. The fourth-order valence-electron chi connectivity index (χ4n) is 4.36. The maximum Gasteiger partial charge on any atom is 0.314 e. The zero-order valence-corrected chi connectivity index (χ0v) is 36.9. The summed E-state index contributed by atoms with van der Waals surface area (Å²) in [5, 5.41) is 9.66. The monoisotopic (exact) mass is 1030 g/mol. The van der Waals surface area contributed by atoms with E-state index in [4.69, 9.17) is 46.4 Å². The smallest absolute Gasteiger partial charge is 0.314 e. The molecule has 0 unspecified atom stereocenters. The third-order valence-electron chi connectivity index (χ3n) is 7.27. The second-order valence-corrected chi connectivity index (χ2v) is 15.6. The zero-order valence-electron chi connectivity index (χ0n) is 32.2. The first-order chi connectivity index (χ1) is 31.4. The van der Waals surface area contributed by atoms with Crippen LogP contribution in [-0.4, -0.2) is 43.6 Å². The first kappa shape index (κ1) is 50.2. The van der Waals surface area contributed by atoms with Crippen LogP contribution in [0.25, 0.3) is 0 Å². The molecule has 8 aromatic rings. The van der Waals surface area contributed by atoms with Crippen molar-refractivity contribution >= 4 is 115 Å². The number of rotatable bonds is 8. The highest BCUT2D eigenvalue weighted by Gasteiger charge is 2.18. The van der Waals surface area contributed by atoms with Crippen molar-refractivity contribution in [3.05, 3.63) is 186 Å². The van der Waals surface area contributed by atoms with Crippen LogP contribution >= 0.6 is 69.1 Å². The van der Waals surface area contributed by atoms with Gasteiger partial charge in [0.1, 0.15) is 20.6 Å². The molecule has 8 rings (SSSR count). The molecule has 0 aromatic carbocycles. The molecule has 8 aromatic heterocycles. The lowest BCUT2D eigenvalue weighted by molar-refractivity contribution is 0.0981. The highest BCUT2D eigenvalue weighted by atomic mass is 35.5. The average Bonchev–Trinajstić information content (AvgIpc) is 4.09. The van der Waals surface area contributed by atoms with E-state index in [-0.39, 0.29) is 32.0 Å². The molecule has 0 saturated heterocycles. The molecule has 0 aliphatic heterocycles. The quantitative estimate of drug-likeness (QED) is 0.0840. The van der Waals surface area contributed by atoms with E-state index in [1.165, 1.54) is 73.3 Å². The van der Waals surface area contributed by atoms with Gasteiger partial charge in [0.2, 0.25) is 5.13 Å². The molecule has 26 heteroatoms. The van der Waals surface area contributed by atoms with Crippen molar-refractivity contribution in [3.8, 4) is 0 Å². The maximum atomic E-state index is 12.7. The van der Waals surface area contributed by atoms with Crippen molar-refractivity contribution in [2.45, 2.75) is 0 Å². The Bertz CT molecular complexity index is 2690. The standard InChI is InChI=1S/C10H5ClF2N2O2.C10H5ClF2N2OS.C10H6ClFN2O2.C10H6ClFN2OS/c2*11-8-2-1-5(4-14-8)15-10(16)7-3-6(12)9(13)17-7;2*11-8-3-1-6(5-13-8)14-10(15)7-2-4-9(12)16-7/h2*1-4H,(H,15,16);2*1-5H,(H,14,15). The van der Waals surface area contributed by atoms with Crippen molar-refractivity contribution in [2.24, 2.45) is 0 Å². The maximum absolute atomic E-state index is 12.7. The summed E-state index contributed by atoms with van der Waals surface area (Å²) >= 11 is 23.5. The Balaban J connectivity index is 0.000000165. The molecule has 0 bridgehead atoms. The molecule has 4 N–H and O–H groups in total. The van der Waals surface area contributed by atoms with Gasteiger partial charge in [-0.2, -0.15) is 22.0 Å². The van der Waals surface area contributed by atoms with Crippen molar-refractivity contribution in [1.29, 1.82) is 0 Å². The number of amides is 4. The Morgan fingerprint density at radius 3 is 1.23 bits per heavy atom. The Hall–Kier alpha value is -6.82. The van der Waals surface area contributed by atoms with Crippen molar-refractivity contribution in [3.63, 3.8) is 0 Å². The minimum atomic E-state index is -1.43. The van der Waals surface area contributed by atoms with Crippen LogP contribution in [0, 0.1) is 33.9 Å². The van der Waals surface area contributed by atoms with Gasteiger partial charge >= 0.3 is 6.01 Å². The largest absolute Gasteiger partial charge is 0.426 e. The van der Waals surface area contributed by atoms with E-state index >= 15 is 0 Å². The van der Waals surface area contributed by atoms with Gasteiger partial charge in [-0.25, -0.2) is 24.3 Å². The molecule has 8 heterocycles. The number of aromatic nitrogens is 4. The Morgan fingerprint density at radius 1 is 0.455 bits per heavy atom. The van der Waals surface area contributed by atoms with Crippen molar-refractivity contribution in [1.82, 2.24) is 19.9 Å². The first-order valence-electron chi connectivity index (χ1n) is 17.5. The number of furan rings is 2. The summed E-state index contributed by atoms with van der Waals surface area (Å²) in [4.78, 5) is 61.4. The van der Waals surface area contributed by atoms with Gasteiger partial charge in [0.15, 0.2) is 28.3 Å². The Kier molecular flexibility index (Phi) is 18.2. The van der Waals surface area contributed by atoms with Crippen molar-refractivity contribution < 1.29 is 54.4 Å². The van der Waals surface area contributed by atoms with Crippen LogP contribution in [0.3, 0.4) is 0 Å². The van der Waals surface area contributed by atoms with Crippen LogP contribution in [-0.2, 0) is 0 Å². The molecule has 0 radical (unpaired) electrons. The van der Waals surface area contributed by atoms with E-state index < -0.39 is 52.3 Å². The molecule has 14 nitrogen and oxygen atoms in total. The van der Waals surface area contributed by atoms with Gasteiger partial charge < -0.3 is 30.1 Å². The molecule has 4 amide bonds. The lowest BCUT2D eigenvalue weighted by atomic mass is 10.3. The van der Waals surface area contributed by atoms with E-state index in [0.717, 1.165) is 23.5 Å². The van der Waals surface area contributed by atoms with Crippen LogP contribution in [0.2, 0.25) is 20.6 Å². The number of hydrogen-bond donors (Lipinski definition) is 4.